The highest BCUT2D eigenvalue weighted by atomic mass is 19.4. The van der Waals surface area contributed by atoms with Gasteiger partial charge in [0, 0.05) is 11.1 Å². The summed E-state index contributed by atoms with van der Waals surface area (Å²) < 4.78 is 77.3. The maximum atomic E-state index is 12.9. The first kappa shape index (κ1) is 18.0. The van der Waals surface area contributed by atoms with Gasteiger partial charge in [-0.25, -0.2) is 19.1 Å². The van der Waals surface area contributed by atoms with Crippen LogP contribution in [0.1, 0.15) is 15.9 Å². The van der Waals surface area contributed by atoms with Crippen LogP contribution < -0.4 is 0 Å². The number of carbonyl (C=O) groups excluding carboxylic acids is 1. The van der Waals surface area contributed by atoms with Gasteiger partial charge >= 0.3 is 12.6 Å². The zero-order chi connectivity index (χ0) is 20.3. The molecule has 5 nitrogen and oxygen atoms in total. The first-order chi connectivity index (χ1) is 13.1. The maximum absolute atomic E-state index is 12.9. The molecular formula is C17H8F6N4O. The van der Waals surface area contributed by atoms with Gasteiger partial charge in [0.05, 0.1) is 22.1 Å². The summed E-state index contributed by atoms with van der Waals surface area (Å²) in [7, 11) is 0. The predicted molar refractivity (Wildman–Crippen MR) is 85.5 cm³/mol. The van der Waals surface area contributed by atoms with E-state index in [1.807, 2.05) is 0 Å². The highest BCUT2D eigenvalue weighted by molar-refractivity contribution is 6.11. The summed E-state index contributed by atoms with van der Waals surface area (Å²) in [6, 6.07) is 7.01. The van der Waals surface area contributed by atoms with Gasteiger partial charge in [0.25, 0.3) is 0 Å². The molecular weight excluding hydrogens is 390 g/mol. The average molecular weight is 398 g/mol. The molecule has 0 bridgehead atoms. The van der Waals surface area contributed by atoms with Gasteiger partial charge in [0.15, 0.2) is 5.78 Å². The van der Waals surface area contributed by atoms with Crippen LogP contribution >= 0.6 is 0 Å². The number of benzene rings is 2. The van der Waals surface area contributed by atoms with Gasteiger partial charge < -0.3 is 0 Å². The zero-order valence-corrected chi connectivity index (χ0v) is 13.6. The second kappa shape index (κ2) is 5.81. The summed E-state index contributed by atoms with van der Waals surface area (Å²) in [5, 5.41) is 0. The lowest BCUT2D eigenvalue weighted by Crippen LogP contribution is -2.15. The van der Waals surface area contributed by atoms with Crippen molar-refractivity contribution in [1.29, 1.82) is 0 Å². The van der Waals surface area contributed by atoms with E-state index in [-0.39, 0.29) is 42.3 Å². The van der Waals surface area contributed by atoms with E-state index in [1.54, 1.807) is 0 Å². The van der Waals surface area contributed by atoms with Crippen molar-refractivity contribution in [3.8, 4) is 0 Å². The maximum Gasteiger partial charge on any atom is 0.490 e. The Morgan fingerprint density at radius 2 is 1.11 bits per heavy atom. The fraction of sp³-hybridized carbons (Fsp3) is 0.118. The van der Waals surface area contributed by atoms with E-state index < -0.39 is 18.4 Å². The van der Waals surface area contributed by atoms with E-state index >= 15 is 0 Å². The molecule has 0 saturated carbocycles. The average Bonchev–Trinajstić information content (AvgIpc) is 3.23. The molecule has 0 aliphatic rings. The molecule has 0 aliphatic carbocycles. The minimum atomic E-state index is -4.65. The predicted octanol–water partition coefficient (Wildman–Crippen LogP) is 4.57. The zero-order valence-electron chi connectivity index (χ0n) is 13.6. The van der Waals surface area contributed by atoms with E-state index in [0.29, 0.717) is 12.7 Å². The van der Waals surface area contributed by atoms with Crippen molar-refractivity contribution in [2.75, 3.05) is 0 Å². The monoisotopic (exact) mass is 398 g/mol. The number of imidazole rings is 2. The summed E-state index contributed by atoms with van der Waals surface area (Å²) in [5.41, 5.74) is -0.410. The van der Waals surface area contributed by atoms with Gasteiger partial charge in [-0.2, -0.15) is 0 Å². The van der Waals surface area contributed by atoms with Crippen molar-refractivity contribution in [2.24, 2.45) is 0 Å². The van der Waals surface area contributed by atoms with Crippen molar-refractivity contribution in [3.63, 3.8) is 0 Å². The molecule has 0 atom stereocenters. The molecule has 0 unspecified atom stereocenters. The number of aromatic nitrogens is 4. The molecule has 0 saturated heterocycles. The lowest BCUT2D eigenvalue weighted by molar-refractivity contribution is -0.201. The number of carbonyl (C=O) groups is 1. The minimum absolute atomic E-state index is 0.0203. The molecule has 4 rings (SSSR count). The fourth-order valence-corrected chi connectivity index (χ4v) is 2.88. The number of halogens is 6. The van der Waals surface area contributed by atoms with Crippen LogP contribution in [0.25, 0.3) is 22.1 Å². The van der Waals surface area contributed by atoms with Gasteiger partial charge in [-0.05, 0) is 36.4 Å². The lowest BCUT2D eigenvalue weighted by Gasteiger charge is -2.09. The molecule has 0 aliphatic heterocycles. The van der Waals surface area contributed by atoms with Gasteiger partial charge in [-0.3, -0.25) is 4.79 Å². The quantitative estimate of drug-likeness (QED) is 0.367. The van der Waals surface area contributed by atoms with Crippen LogP contribution in [0.2, 0.25) is 0 Å². The lowest BCUT2D eigenvalue weighted by atomic mass is 10.0. The Morgan fingerprint density at radius 1 is 0.714 bits per heavy atom. The Balaban J connectivity index is 1.73. The van der Waals surface area contributed by atoms with E-state index in [2.05, 4.69) is 9.97 Å². The molecule has 2 aromatic heterocycles. The molecule has 4 aromatic rings. The van der Waals surface area contributed by atoms with Gasteiger partial charge in [-0.15, -0.1) is 26.3 Å². The summed E-state index contributed by atoms with van der Waals surface area (Å²) in [5.74, 6) is -0.577. The fourth-order valence-electron chi connectivity index (χ4n) is 2.88. The first-order valence-corrected chi connectivity index (χ1v) is 7.69. The van der Waals surface area contributed by atoms with Crippen LogP contribution in [0.15, 0.2) is 49.1 Å². The molecule has 0 spiro atoms. The third-order valence-corrected chi connectivity index (χ3v) is 4.17. The Kier molecular flexibility index (Phi) is 3.74. The van der Waals surface area contributed by atoms with Crippen molar-refractivity contribution >= 4 is 27.9 Å². The highest BCUT2D eigenvalue weighted by Crippen LogP contribution is 2.29. The molecule has 2 aromatic carbocycles. The molecule has 0 N–H and O–H groups in total. The number of fused-ring (bicyclic) bond motifs is 2. The van der Waals surface area contributed by atoms with Crippen LogP contribution in [0, 0.1) is 0 Å². The van der Waals surface area contributed by atoms with Crippen molar-refractivity contribution in [1.82, 2.24) is 19.1 Å². The normalized spacial score (nSPS) is 12.8. The van der Waals surface area contributed by atoms with Crippen molar-refractivity contribution in [3.05, 3.63) is 60.2 Å². The number of alkyl halides is 6. The summed E-state index contributed by atoms with van der Waals surface area (Å²) >= 11 is 0. The second-order valence-corrected chi connectivity index (χ2v) is 5.90. The SMILES string of the molecule is O=C(c1ccc2c(c1)ncn2C(F)(F)F)c1ccc2c(c1)ncn2C(F)(F)F. The van der Waals surface area contributed by atoms with E-state index in [0.717, 1.165) is 12.1 Å². The van der Waals surface area contributed by atoms with Crippen LogP contribution in [0.3, 0.4) is 0 Å². The van der Waals surface area contributed by atoms with Crippen molar-refractivity contribution in [2.45, 2.75) is 12.6 Å². The molecule has 11 heteroatoms. The number of rotatable bonds is 2. The Bertz CT molecular complexity index is 1120. The highest BCUT2D eigenvalue weighted by Gasteiger charge is 2.33. The summed E-state index contributed by atoms with van der Waals surface area (Å²) in [4.78, 5) is 19.9. The molecule has 0 fully saturated rings. The number of hydrogen-bond donors (Lipinski definition) is 0. The first-order valence-electron chi connectivity index (χ1n) is 7.69. The smallest absolute Gasteiger partial charge is 0.289 e. The van der Waals surface area contributed by atoms with Crippen LogP contribution in [0.4, 0.5) is 26.3 Å². The Hall–Kier alpha value is -3.37. The van der Waals surface area contributed by atoms with Gasteiger partial charge in [-0.1, -0.05) is 0 Å². The van der Waals surface area contributed by atoms with Gasteiger partial charge in [0.2, 0.25) is 0 Å². The van der Waals surface area contributed by atoms with E-state index in [4.69, 9.17) is 0 Å². The third kappa shape index (κ3) is 2.88. The summed E-state index contributed by atoms with van der Waals surface area (Å²) in [6.45, 7) is 0. The molecule has 28 heavy (non-hydrogen) atoms. The van der Waals surface area contributed by atoms with Crippen LogP contribution in [-0.2, 0) is 12.6 Å². The number of nitrogens with zero attached hydrogens (tertiary/aromatic N) is 4. The summed E-state index contributed by atoms with van der Waals surface area (Å²) in [6.07, 6.45) is -8.09. The number of hydrogen-bond acceptors (Lipinski definition) is 3. The Labute approximate surface area is 151 Å². The minimum Gasteiger partial charge on any atom is -0.289 e. The number of ketones is 1. The third-order valence-electron chi connectivity index (χ3n) is 4.17. The second-order valence-electron chi connectivity index (χ2n) is 5.90. The molecule has 0 amide bonds. The standard InChI is InChI=1S/C17H8F6N4O/c18-16(19,20)26-7-24-11-5-9(1-3-13(11)26)15(28)10-2-4-14-12(6-10)25-8-27(14)17(21,22)23/h1-8H. The topological polar surface area (TPSA) is 52.7 Å². The molecule has 0 radical (unpaired) electrons. The largest absolute Gasteiger partial charge is 0.490 e. The van der Waals surface area contributed by atoms with Crippen LogP contribution in [0.5, 0.6) is 0 Å². The molecule has 144 valence electrons. The van der Waals surface area contributed by atoms with E-state index in [9.17, 15) is 31.1 Å². The van der Waals surface area contributed by atoms with Crippen molar-refractivity contribution < 1.29 is 31.1 Å². The molecule has 2 heterocycles. The van der Waals surface area contributed by atoms with Gasteiger partial charge in [0.1, 0.15) is 12.7 Å². The van der Waals surface area contributed by atoms with Crippen LogP contribution in [-0.4, -0.2) is 24.9 Å². The Morgan fingerprint density at radius 3 is 1.46 bits per heavy atom. The van der Waals surface area contributed by atoms with E-state index in [1.165, 1.54) is 24.3 Å².